The van der Waals surface area contributed by atoms with E-state index in [0.717, 1.165) is 49.1 Å². The van der Waals surface area contributed by atoms with Gasteiger partial charge < -0.3 is 19.0 Å². The number of hydrogen-bond acceptors (Lipinski definition) is 5. The van der Waals surface area contributed by atoms with Crippen molar-refractivity contribution in [1.29, 1.82) is 0 Å². The molecule has 0 spiro atoms. The highest BCUT2D eigenvalue weighted by atomic mass is 16.5. The Hall–Kier alpha value is -2.18. The topological polar surface area (TPSA) is 81.8 Å². The first kappa shape index (κ1) is 22.5. The van der Waals surface area contributed by atoms with Crippen LogP contribution in [-0.4, -0.2) is 34.4 Å². The van der Waals surface area contributed by atoms with Crippen molar-refractivity contribution in [2.45, 2.75) is 78.1 Å². The molecule has 164 valence electrons. The fraction of sp³-hybridized carbons (Fsp3) is 0.583. The first-order valence-corrected chi connectivity index (χ1v) is 10.8. The summed E-state index contributed by atoms with van der Waals surface area (Å²) in [5.41, 5.74) is 1.87. The summed E-state index contributed by atoms with van der Waals surface area (Å²) < 4.78 is 17.8. The smallest absolute Gasteiger partial charge is 0.335 e. The van der Waals surface area contributed by atoms with Crippen LogP contribution in [0.1, 0.15) is 63.5 Å². The van der Waals surface area contributed by atoms with Crippen LogP contribution < -0.4 is 0 Å². The minimum Gasteiger partial charge on any atom is -0.479 e. The lowest BCUT2D eigenvalue weighted by atomic mass is 9.87. The van der Waals surface area contributed by atoms with Crippen LogP contribution >= 0.6 is 0 Å². The second-order valence-electron chi connectivity index (χ2n) is 8.70. The fourth-order valence-electron chi connectivity index (χ4n) is 3.72. The Morgan fingerprint density at radius 3 is 2.67 bits per heavy atom. The normalized spacial score (nSPS) is 19.7. The van der Waals surface area contributed by atoms with E-state index in [0.29, 0.717) is 25.0 Å². The van der Waals surface area contributed by atoms with Crippen LogP contribution in [0.3, 0.4) is 0 Å². The van der Waals surface area contributed by atoms with E-state index in [9.17, 15) is 9.90 Å². The van der Waals surface area contributed by atoms with Gasteiger partial charge in [0.1, 0.15) is 11.5 Å². The van der Waals surface area contributed by atoms with Gasteiger partial charge in [0.25, 0.3) is 0 Å². The number of benzene rings is 1. The van der Waals surface area contributed by atoms with Crippen LogP contribution in [-0.2, 0) is 27.3 Å². The number of carboxylic acid groups (broad SMARTS) is 1. The number of aryl methyl sites for hydroxylation is 2. The lowest BCUT2D eigenvalue weighted by molar-refractivity contribution is -0.163. The maximum atomic E-state index is 11.2. The molecule has 1 saturated carbocycles. The van der Waals surface area contributed by atoms with Crippen LogP contribution in [0.15, 0.2) is 28.7 Å². The number of hydrogen-bond donors (Lipinski definition) is 1. The average molecular weight is 416 g/mol. The molecule has 0 amide bonds. The fourth-order valence-corrected chi connectivity index (χ4v) is 3.72. The molecule has 6 heteroatoms. The molecule has 1 aliphatic carbocycles. The molecular formula is C24H33NO5. The van der Waals surface area contributed by atoms with Gasteiger partial charge in [-0.25, -0.2) is 9.78 Å². The molecule has 0 radical (unpaired) electrons. The van der Waals surface area contributed by atoms with Gasteiger partial charge in [0.05, 0.1) is 19.3 Å². The Morgan fingerprint density at radius 2 is 2.00 bits per heavy atom. The summed E-state index contributed by atoms with van der Waals surface area (Å²) in [5.74, 6) is 0.878. The van der Waals surface area contributed by atoms with Crippen LogP contribution in [0.5, 0.6) is 0 Å². The number of carboxylic acids is 1. The molecule has 1 aliphatic rings. The third kappa shape index (κ3) is 5.70. The number of aromatic nitrogens is 1. The first-order valence-electron chi connectivity index (χ1n) is 10.8. The van der Waals surface area contributed by atoms with E-state index in [4.69, 9.17) is 18.9 Å². The lowest BCUT2D eigenvalue weighted by Crippen LogP contribution is -2.37. The van der Waals surface area contributed by atoms with Crippen molar-refractivity contribution in [2.75, 3.05) is 6.61 Å². The monoisotopic (exact) mass is 415 g/mol. The van der Waals surface area contributed by atoms with Crippen LogP contribution in [0.4, 0.5) is 0 Å². The predicted octanol–water partition coefficient (Wildman–Crippen LogP) is 5.17. The standard InChI is InChI=1S/C24H33NO5/c1-5-21-20(25-22(30-21)18-11-9-16(2)10-12-18)15-28-19-8-6-7-17(13-19)14-29-24(3,4)23(26)27/h9-12,17,19H,5-8,13-15H2,1-4H3,(H,26,27)/t17-,19+/m1/s1. The molecule has 1 heterocycles. The minimum atomic E-state index is -1.16. The number of oxazole rings is 1. The largest absolute Gasteiger partial charge is 0.479 e. The van der Waals surface area contributed by atoms with Gasteiger partial charge in [-0.1, -0.05) is 31.0 Å². The number of ether oxygens (including phenoxy) is 2. The van der Waals surface area contributed by atoms with Crippen molar-refractivity contribution >= 4 is 5.97 Å². The Balaban J connectivity index is 1.57. The zero-order chi connectivity index (χ0) is 21.7. The summed E-state index contributed by atoms with van der Waals surface area (Å²) >= 11 is 0. The summed E-state index contributed by atoms with van der Waals surface area (Å²) in [6.45, 7) is 8.17. The predicted molar refractivity (Wildman–Crippen MR) is 114 cm³/mol. The van der Waals surface area contributed by atoms with Gasteiger partial charge in [0.15, 0.2) is 5.60 Å². The Kier molecular flexibility index (Phi) is 7.32. The van der Waals surface area contributed by atoms with E-state index in [1.165, 1.54) is 5.56 Å². The van der Waals surface area contributed by atoms with Crippen molar-refractivity contribution in [3.8, 4) is 11.5 Å². The molecule has 1 aromatic carbocycles. The Labute approximate surface area is 178 Å². The van der Waals surface area contributed by atoms with Crippen LogP contribution in [0.2, 0.25) is 0 Å². The highest BCUT2D eigenvalue weighted by Gasteiger charge is 2.31. The van der Waals surface area contributed by atoms with E-state index in [2.05, 4.69) is 26.0 Å². The van der Waals surface area contributed by atoms with E-state index < -0.39 is 11.6 Å². The van der Waals surface area contributed by atoms with Gasteiger partial charge in [-0.2, -0.15) is 0 Å². The van der Waals surface area contributed by atoms with E-state index in [1.54, 1.807) is 13.8 Å². The number of carbonyl (C=O) groups is 1. The second kappa shape index (κ2) is 9.75. The second-order valence-corrected chi connectivity index (χ2v) is 8.70. The highest BCUT2D eigenvalue weighted by Crippen LogP contribution is 2.29. The van der Waals surface area contributed by atoms with Gasteiger partial charge in [-0.15, -0.1) is 0 Å². The number of rotatable bonds is 9. The average Bonchev–Trinajstić information content (AvgIpc) is 3.15. The number of aliphatic carboxylic acids is 1. The Morgan fingerprint density at radius 1 is 1.27 bits per heavy atom. The molecule has 1 aromatic heterocycles. The molecule has 0 saturated heterocycles. The molecule has 1 N–H and O–H groups in total. The molecule has 2 atom stereocenters. The maximum Gasteiger partial charge on any atom is 0.335 e. The van der Waals surface area contributed by atoms with Crippen molar-refractivity contribution in [2.24, 2.45) is 5.92 Å². The minimum absolute atomic E-state index is 0.129. The van der Waals surface area contributed by atoms with Crippen molar-refractivity contribution in [3.05, 3.63) is 41.3 Å². The SMILES string of the molecule is CCc1oc(-c2ccc(C)cc2)nc1CO[C@H]1CCC[C@@H](COC(C)(C)C(=O)O)C1. The number of nitrogens with zero attached hydrogens (tertiary/aromatic N) is 1. The first-order chi connectivity index (χ1) is 14.3. The van der Waals surface area contributed by atoms with E-state index in [-0.39, 0.29) is 6.10 Å². The van der Waals surface area contributed by atoms with Crippen LogP contribution in [0, 0.1) is 12.8 Å². The summed E-state index contributed by atoms with van der Waals surface area (Å²) in [6.07, 6.45) is 4.87. The third-order valence-corrected chi connectivity index (χ3v) is 5.78. The quantitative estimate of drug-likeness (QED) is 0.609. The van der Waals surface area contributed by atoms with Gasteiger partial charge in [-0.05, 0) is 58.1 Å². The van der Waals surface area contributed by atoms with Crippen molar-refractivity contribution in [1.82, 2.24) is 4.98 Å². The molecule has 6 nitrogen and oxygen atoms in total. The summed E-state index contributed by atoms with van der Waals surface area (Å²) in [7, 11) is 0. The zero-order valence-electron chi connectivity index (χ0n) is 18.4. The molecule has 1 fully saturated rings. The van der Waals surface area contributed by atoms with E-state index in [1.807, 2.05) is 12.1 Å². The summed E-state index contributed by atoms with van der Waals surface area (Å²) in [6, 6.07) is 8.15. The molecule has 3 rings (SSSR count). The Bertz CT molecular complexity index is 840. The summed E-state index contributed by atoms with van der Waals surface area (Å²) in [4.78, 5) is 15.9. The lowest BCUT2D eigenvalue weighted by Gasteiger charge is -2.31. The molecule has 0 aliphatic heterocycles. The molecule has 2 aromatic rings. The zero-order valence-corrected chi connectivity index (χ0v) is 18.4. The van der Waals surface area contributed by atoms with Gasteiger partial charge >= 0.3 is 5.97 Å². The highest BCUT2D eigenvalue weighted by molar-refractivity contribution is 5.76. The van der Waals surface area contributed by atoms with E-state index >= 15 is 0 Å². The maximum absolute atomic E-state index is 11.2. The molecule has 30 heavy (non-hydrogen) atoms. The van der Waals surface area contributed by atoms with Gasteiger partial charge in [0.2, 0.25) is 5.89 Å². The molecule has 0 unspecified atom stereocenters. The summed E-state index contributed by atoms with van der Waals surface area (Å²) in [5, 5.41) is 9.21. The van der Waals surface area contributed by atoms with Gasteiger partial charge in [-0.3, -0.25) is 0 Å². The van der Waals surface area contributed by atoms with Gasteiger partial charge in [0, 0.05) is 12.0 Å². The molecule has 0 bridgehead atoms. The van der Waals surface area contributed by atoms with Crippen LogP contribution in [0.25, 0.3) is 11.5 Å². The third-order valence-electron chi connectivity index (χ3n) is 5.78. The molecular weight excluding hydrogens is 382 g/mol. The van der Waals surface area contributed by atoms with Crippen molar-refractivity contribution < 1.29 is 23.8 Å². The van der Waals surface area contributed by atoms with Crippen molar-refractivity contribution in [3.63, 3.8) is 0 Å².